The molecule has 0 amide bonds. The van der Waals surface area contributed by atoms with Gasteiger partial charge in [0.15, 0.2) is 0 Å². The number of hydrogen-bond donors (Lipinski definition) is 1. The van der Waals surface area contributed by atoms with E-state index in [2.05, 4.69) is 5.10 Å². The summed E-state index contributed by atoms with van der Waals surface area (Å²) in [6.07, 6.45) is 6.10. The maximum absolute atomic E-state index is 11.4. The van der Waals surface area contributed by atoms with Crippen molar-refractivity contribution in [2.75, 3.05) is 0 Å². The average Bonchev–Trinajstić information content (AvgIpc) is 2.58. The molecule has 2 aromatic heterocycles. The van der Waals surface area contributed by atoms with E-state index in [1.54, 1.807) is 10.7 Å². The van der Waals surface area contributed by atoms with E-state index in [0.717, 1.165) is 35.9 Å². The number of aromatic nitrogens is 2. The zero-order valence-corrected chi connectivity index (χ0v) is 9.68. The van der Waals surface area contributed by atoms with Crippen LogP contribution in [0.25, 0.3) is 5.52 Å². The molecular formula is C13H14N2O2. The van der Waals surface area contributed by atoms with Crippen LogP contribution in [0.1, 0.15) is 30.4 Å². The molecule has 0 aliphatic heterocycles. The molecule has 0 aromatic carbocycles. The Balaban J connectivity index is 2.14. The van der Waals surface area contributed by atoms with Gasteiger partial charge in [-0.1, -0.05) is 12.5 Å². The first-order valence-corrected chi connectivity index (χ1v) is 5.81. The first kappa shape index (κ1) is 10.3. The lowest BCUT2D eigenvalue weighted by atomic mass is 9.65. The van der Waals surface area contributed by atoms with Crippen molar-refractivity contribution in [3.63, 3.8) is 0 Å². The van der Waals surface area contributed by atoms with Gasteiger partial charge in [0.05, 0.1) is 17.1 Å². The third-order valence-corrected chi connectivity index (χ3v) is 3.88. The first-order chi connectivity index (χ1) is 8.13. The Hall–Kier alpha value is -1.84. The fourth-order valence-electron chi connectivity index (χ4n) is 2.55. The lowest BCUT2D eigenvalue weighted by Gasteiger charge is -2.37. The minimum absolute atomic E-state index is 0.673. The van der Waals surface area contributed by atoms with Crippen LogP contribution in [-0.2, 0) is 10.2 Å². The van der Waals surface area contributed by atoms with E-state index < -0.39 is 11.4 Å². The van der Waals surface area contributed by atoms with Crippen LogP contribution in [0.4, 0.5) is 0 Å². The molecule has 0 bridgehead atoms. The minimum Gasteiger partial charge on any atom is -0.481 e. The molecule has 4 heteroatoms. The van der Waals surface area contributed by atoms with Gasteiger partial charge in [-0.05, 0) is 37.0 Å². The molecule has 1 N–H and O–H groups in total. The van der Waals surface area contributed by atoms with Gasteiger partial charge in [0.2, 0.25) is 0 Å². The number of carboxylic acids is 1. The highest BCUT2D eigenvalue weighted by atomic mass is 16.4. The predicted octanol–water partition coefficient (Wildman–Crippen LogP) is 2.15. The number of pyridine rings is 1. The molecular weight excluding hydrogens is 216 g/mol. The van der Waals surface area contributed by atoms with Crippen LogP contribution < -0.4 is 0 Å². The van der Waals surface area contributed by atoms with Crippen LogP contribution in [0.5, 0.6) is 0 Å². The Morgan fingerprint density at radius 3 is 2.82 bits per heavy atom. The van der Waals surface area contributed by atoms with Gasteiger partial charge in [-0.3, -0.25) is 4.79 Å². The third kappa shape index (κ3) is 1.30. The topological polar surface area (TPSA) is 54.6 Å². The second-order valence-electron chi connectivity index (χ2n) is 4.82. The summed E-state index contributed by atoms with van der Waals surface area (Å²) in [6, 6.07) is 3.89. The van der Waals surface area contributed by atoms with Gasteiger partial charge in [-0.15, -0.1) is 0 Å². The number of carboxylic acid groups (broad SMARTS) is 1. The molecule has 1 aliphatic carbocycles. The van der Waals surface area contributed by atoms with E-state index in [4.69, 9.17) is 0 Å². The van der Waals surface area contributed by atoms with E-state index >= 15 is 0 Å². The van der Waals surface area contributed by atoms with Crippen molar-refractivity contribution in [2.45, 2.75) is 31.6 Å². The number of aryl methyl sites for hydroxylation is 1. The zero-order valence-electron chi connectivity index (χ0n) is 9.68. The Morgan fingerprint density at radius 2 is 2.24 bits per heavy atom. The molecule has 0 saturated heterocycles. The van der Waals surface area contributed by atoms with E-state index in [0.29, 0.717) is 0 Å². The number of fused-ring (bicyclic) bond motifs is 1. The van der Waals surface area contributed by atoms with Gasteiger partial charge in [0.25, 0.3) is 0 Å². The van der Waals surface area contributed by atoms with Crippen LogP contribution in [0.2, 0.25) is 0 Å². The van der Waals surface area contributed by atoms with Crippen LogP contribution in [-0.4, -0.2) is 20.7 Å². The van der Waals surface area contributed by atoms with Gasteiger partial charge in [0.1, 0.15) is 0 Å². The van der Waals surface area contributed by atoms with Crippen molar-refractivity contribution in [3.8, 4) is 0 Å². The third-order valence-electron chi connectivity index (χ3n) is 3.88. The summed E-state index contributed by atoms with van der Waals surface area (Å²) < 4.78 is 1.77. The zero-order chi connectivity index (χ0) is 12.0. The smallest absolute Gasteiger partial charge is 0.314 e. The lowest BCUT2D eigenvalue weighted by Crippen LogP contribution is -2.42. The Bertz CT molecular complexity index is 596. The molecule has 88 valence electrons. The normalized spacial score (nSPS) is 17.9. The second kappa shape index (κ2) is 3.32. The van der Waals surface area contributed by atoms with Crippen LogP contribution in [0.3, 0.4) is 0 Å². The monoisotopic (exact) mass is 230 g/mol. The van der Waals surface area contributed by atoms with Gasteiger partial charge in [-0.2, -0.15) is 5.10 Å². The van der Waals surface area contributed by atoms with Crippen molar-refractivity contribution in [2.24, 2.45) is 0 Å². The summed E-state index contributed by atoms with van der Waals surface area (Å²) in [4.78, 5) is 11.4. The summed E-state index contributed by atoms with van der Waals surface area (Å²) in [5.41, 5.74) is 2.34. The molecule has 3 rings (SSSR count). The van der Waals surface area contributed by atoms with E-state index in [-0.39, 0.29) is 0 Å². The maximum atomic E-state index is 11.4. The first-order valence-electron chi connectivity index (χ1n) is 5.81. The number of hydrogen-bond acceptors (Lipinski definition) is 2. The summed E-state index contributed by atoms with van der Waals surface area (Å²) in [5, 5.41) is 13.6. The summed E-state index contributed by atoms with van der Waals surface area (Å²) in [6.45, 7) is 2.00. The lowest BCUT2D eigenvalue weighted by molar-refractivity contribution is -0.147. The molecule has 0 radical (unpaired) electrons. The van der Waals surface area contributed by atoms with E-state index in [1.807, 2.05) is 25.3 Å². The van der Waals surface area contributed by atoms with Crippen LogP contribution >= 0.6 is 0 Å². The molecule has 2 aromatic rings. The number of rotatable bonds is 2. The minimum atomic E-state index is -0.716. The Morgan fingerprint density at radius 1 is 1.47 bits per heavy atom. The van der Waals surface area contributed by atoms with Crippen molar-refractivity contribution >= 4 is 11.5 Å². The molecule has 1 fully saturated rings. The van der Waals surface area contributed by atoms with Gasteiger partial charge in [0, 0.05) is 6.20 Å². The fraction of sp³-hybridized carbons (Fsp3) is 0.385. The van der Waals surface area contributed by atoms with Crippen LogP contribution in [0.15, 0.2) is 24.5 Å². The van der Waals surface area contributed by atoms with Crippen molar-refractivity contribution in [1.29, 1.82) is 0 Å². The highest BCUT2D eigenvalue weighted by Crippen LogP contribution is 2.43. The van der Waals surface area contributed by atoms with Crippen LogP contribution in [0, 0.1) is 6.92 Å². The second-order valence-corrected chi connectivity index (χ2v) is 4.82. The average molecular weight is 230 g/mol. The standard InChI is InChI=1S/C13H14N2O2/c1-9-7-14-15-8-10(3-4-11(9)15)13(12(16)17)5-2-6-13/h3-4,7-8H,2,5-6H2,1H3,(H,16,17). The summed E-state index contributed by atoms with van der Waals surface area (Å²) >= 11 is 0. The molecule has 2 heterocycles. The highest BCUT2D eigenvalue weighted by Gasteiger charge is 2.46. The van der Waals surface area contributed by atoms with Crippen molar-refractivity contribution < 1.29 is 9.90 Å². The van der Waals surface area contributed by atoms with E-state index in [1.165, 1.54) is 0 Å². The summed E-state index contributed by atoms with van der Waals surface area (Å²) in [7, 11) is 0. The molecule has 0 unspecified atom stereocenters. The van der Waals surface area contributed by atoms with Gasteiger partial charge in [-0.25, -0.2) is 4.52 Å². The molecule has 0 atom stereocenters. The molecule has 1 aliphatic rings. The predicted molar refractivity (Wildman–Crippen MR) is 63.1 cm³/mol. The number of nitrogens with zero attached hydrogens (tertiary/aromatic N) is 2. The highest BCUT2D eigenvalue weighted by molar-refractivity contribution is 5.82. The Kier molecular flexibility index (Phi) is 2.02. The Labute approximate surface area is 98.9 Å². The molecule has 4 nitrogen and oxygen atoms in total. The number of aliphatic carboxylic acids is 1. The summed E-state index contributed by atoms with van der Waals surface area (Å²) in [5.74, 6) is -0.716. The van der Waals surface area contributed by atoms with Gasteiger partial charge < -0.3 is 5.11 Å². The number of carbonyl (C=O) groups is 1. The SMILES string of the molecule is Cc1cnn2cc(C3(C(=O)O)CCC3)ccc12. The largest absolute Gasteiger partial charge is 0.481 e. The molecule has 1 saturated carbocycles. The maximum Gasteiger partial charge on any atom is 0.314 e. The quantitative estimate of drug-likeness (QED) is 0.860. The van der Waals surface area contributed by atoms with Crippen molar-refractivity contribution in [1.82, 2.24) is 9.61 Å². The van der Waals surface area contributed by atoms with Gasteiger partial charge >= 0.3 is 5.97 Å². The van der Waals surface area contributed by atoms with Crippen molar-refractivity contribution in [3.05, 3.63) is 35.7 Å². The molecule has 17 heavy (non-hydrogen) atoms. The molecule has 0 spiro atoms. The van der Waals surface area contributed by atoms with E-state index in [9.17, 15) is 9.90 Å². The fourth-order valence-corrected chi connectivity index (χ4v) is 2.55.